The molecule has 2 nitrogen and oxygen atoms in total. The van der Waals surface area contributed by atoms with Crippen LogP contribution in [0.25, 0.3) is 0 Å². The molecule has 0 radical (unpaired) electrons. The van der Waals surface area contributed by atoms with Gasteiger partial charge in [0.25, 0.3) is 0 Å². The molecule has 1 aromatic carbocycles. The van der Waals surface area contributed by atoms with Crippen molar-refractivity contribution in [2.24, 2.45) is 5.41 Å². The first kappa shape index (κ1) is 10.2. The Morgan fingerprint density at radius 2 is 1.81 bits per heavy atom. The zero-order valence-electron chi connectivity index (χ0n) is 9.42. The van der Waals surface area contributed by atoms with Crippen molar-refractivity contribution in [3.8, 4) is 0 Å². The predicted octanol–water partition coefficient (Wildman–Crippen LogP) is 2.05. The minimum absolute atomic E-state index is 0.171. The third kappa shape index (κ3) is 1.31. The summed E-state index contributed by atoms with van der Waals surface area (Å²) in [6, 6.07) is 6.72. The molecule has 86 valence electrons. The molecular formula is C13H16FNO. The van der Waals surface area contributed by atoms with Crippen LogP contribution in [0, 0.1) is 11.2 Å². The van der Waals surface area contributed by atoms with Crippen LogP contribution in [-0.2, 0) is 10.3 Å². The monoisotopic (exact) mass is 221 g/mol. The van der Waals surface area contributed by atoms with Gasteiger partial charge in [0.2, 0.25) is 0 Å². The molecule has 0 amide bonds. The highest BCUT2D eigenvalue weighted by Crippen LogP contribution is 2.57. The lowest BCUT2D eigenvalue weighted by atomic mass is 9.54. The van der Waals surface area contributed by atoms with Crippen LogP contribution < -0.4 is 5.32 Å². The van der Waals surface area contributed by atoms with Crippen molar-refractivity contribution >= 4 is 0 Å². The second-order valence-corrected chi connectivity index (χ2v) is 5.16. The van der Waals surface area contributed by atoms with Crippen molar-refractivity contribution in [2.75, 3.05) is 20.2 Å². The Morgan fingerprint density at radius 3 is 2.25 bits per heavy atom. The maximum absolute atomic E-state index is 12.9. The molecule has 1 saturated heterocycles. The number of ether oxygens (including phenoxy) is 1. The predicted molar refractivity (Wildman–Crippen MR) is 59.6 cm³/mol. The fourth-order valence-electron chi connectivity index (χ4n) is 3.11. The molecule has 0 unspecified atom stereocenters. The standard InChI is InChI=1S/C13H16FNO/c1-16-13(6-12(7-13)8-15-9-12)10-2-4-11(14)5-3-10/h2-5,15H,6-9H2,1H3. The molecule has 1 heterocycles. The van der Waals surface area contributed by atoms with Gasteiger partial charge in [0.1, 0.15) is 5.82 Å². The van der Waals surface area contributed by atoms with Crippen molar-refractivity contribution in [3.63, 3.8) is 0 Å². The van der Waals surface area contributed by atoms with Gasteiger partial charge in [-0.1, -0.05) is 12.1 Å². The SMILES string of the molecule is COC1(c2ccc(F)cc2)CC2(CNC2)C1. The van der Waals surface area contributed by atoms with E-state index in [1.54, 1.807) is 7.11 Å². The molecule has 2 fully saturated rings. The Hall–Kier alpha value is -0.930. The summed E-state index contributed by atoms with van der Waals surface area (Å²) < 4.78 is 18.6. The molecule has 1 N–H and O–H groups in total. The second kappa shape index (κ2) is 3.28. The summed E-state index contributed by atoms with van der Waals surface area (Å²) in [6.07, 6.45) is 2.10. The molecule has 0 atom stereocenters. The number of hydrogen-bond acceptors (Lipinski definition) is 2. The van der Waals surface area contributed by atoms with E-state index in [9.17, 15) is 4.39 Å². The summed E-state index contributed by atoms with van der Waals surface area (Å²) in [4.78, 5) is 0. The lowest BCUT2D eigenvalue weighted by Crippen LogP contribution is -2.65. The summed E-state index contributed by atoms with van der Waals surface area (Å²) in [5.74, 6) is -0.186. The van der Waals surface area contributed by atoms with Crippen LogP contribution in [-0.4, -0.2) is 20.2 Å². The molecular weight excluding hydrogens is 205 g/mol. The van der Waals surface area contributed by atoms with Gasteiger partial charge in [-0.05, 0) is 30.5 Å². The molecule has 0 aromatic heterocycles. The van der Waals surface area contributed by atoms with E-state index in [2.05, 4.69) is 5.32 Å². The average molecular weight is 221 g/mol. The summed E-state index contributed by atoms with van der Waals surface area (Å²) in [5.41, 5.74) is 1.38. The van der Waals surface area contributed by atoms with E-state index in [4.69, 9.17) is 4.74 Å². The fourth-order valence-corrected chi connectivity index (χ4v) is 3.11. The first-order valence-electron chi connectivity index (χ1n) is 5.70. The highest BCUT2D eigenvalue weighted by molar-refractivity contribution is 5.29. The van der Waals surface area contributed by atoms with Gasteiger partial charge >= 0.3 is 0 Å². The molecule has 1 aliphatic heterocycles. The van der Waals surface area contributed by atoms with Crippen LogP contribution in [0.1, 0.15) is 18.4 Å². The molecule has 16 heavy (non-hydrogen) atoms. The lowest BCUT2D eigenvalue weighted by Gasteiger charge is -2.60. The van der Waals surface area contributed by atoms with E-state index in [1.165, 1.54) is 12.1 Å². The third-order valence-electron chi connectivity index (χ3n) is 4.08. The van der Waals surface area contributed by atoms with Gasteiger partial charge in [0.15, 0.2) is 0 Å². The zero-order valence-corrected chi connectivity index (χ0v) is 9.42. The van der Waals surface area contributed by atoms with Crippen molar-refractivity contribution in [1.29, 1.82) is 0 Å². The van der Waals surface area contributed by atoms with Crippen LogP contribution in [0.5, 0.6) is 0 Å². The van der Waals surface area contributed by atoms with Crippen LogP contribution in [0.15, 0.2) is 24.3 Å². The summed E-state index contributed by atoms with van der Waals surface area (Å²) in [5, 5.41) is 3.31. The molecule has 1 spiro atoms. The maximum Gasteiger partial charge on any atom is 0.123 e. The average Bonchev–Trinajstić information content (AvgIpc) is 2.17. The fraction of sp³-hybridized carbons (Fsp3) is 0.538. The topological polar surface area (TPSA) is 21.3 Å². The van der Waals surface area contributed by atoms with Crippen LogP contribution in [0.3, 0.4) is 0 Å². The maximum atomic E-state index is 12.9. The first-order chi connectivity index (χ1) is 7.68. The molecule has 3 heteroatoms. The molecule has 0 bridgehead atoms. The highest BCUT2D eigenvalue weighted by Gasteiger charge is 2.58. The largest absolute Gasteiger partial charge is 0.373 e. The number of hydrogen-bond donors (Lipinski definition) is 1. The Morgan fingerprint density at radius 1 is 1.19 bits per heavy atom. The number of halogens is 1. The molecule has 3 rings (SSSR count). The summed E-state index contributed by atoms with van der Waals surface area (Å²) in [6.45, 7) is 2.19. The normalized spacial score (nSPS) is 24.9. The van der Waals surface area contributed by atoms with Gasteiger partial charge in [-0.3, -0.25) is 0 Å². The van der Waals surface area contributed by atoms with E-state index in [1.807, 2.05) is 12.1 Å². The van der Waals surface area contributed by atoms with E-state index < -0.39 is 0 Å². The summed E-state index contributed by atoms with van der Waals surface area (Å²) >= 11 is 0. The minimum atomic E-state index is -0.186. The quantitative estimate of drug-likeness (QED) is 0.825. The van der Waals surface area contributed by atoms with Crippen LogP contribution >= 0.6 is 0 Å². The zero-order chi connectivity index (χ0) is 11.2. The molecule has 1 saturated carbocycles. The molecule has 1 aromatic rings. The Balaban J connectivity index is 1.84. The van der Waals surface area contributed by atoms with Gasteiger partial charge in [0.05, 0.1) is 5.60 Å². The smallest absolute Gasteiger partial charge is 0.123 e. The highest BCUT2D eigenvalue weighted by atomic mass is 19.1. The Bertz CT molecular complexity index is 389. The molecule has 1 aliphatic carbocycles. The van der Waals surface area contributed by atoms with Crippen molar-refractivity contribution in [1.82, 2.24) is 5.32 Å². The van der Waals surface area contributed by atoms with Gasteiger partial charge < -0.3 is 10.1 Å². The molecule has 2 aliphatic rings. The minimum Gasteiger partial charge on any atom is -0.373 e. The lowest BCUT2D eigenvalue weighted by molar-refractivity contribution is -0.176. The Labute approximate surface area is 94.8 Å². The van der Waals surface area contributed by atoms with Crippen molar-refractivity contribution < 1.29 is 9.13 Å². The van der Waals surface area contributed by atoms with Gasteiger partial charge in [-0.2, -0.15) is 0 Å². The summed E-state index contributed by atoms with van der Waals surface area (Å²) in [7, 11) is 1.75. The first-order valence-corrected chi connectivity index (χ1v) is 5.70. The van der Waals surface area contributed by atoms with E-state index in [0.717, 1.165) is 31.5 Å². The Kier molecular flexibility index (Phi) is 2.10. The number of rotatable bonds is 2. The van der Waals surface area contributed by atoms with Crippen LogP contribution in [0.4, 0.5) is 4.39 Å². The van der Waals surface area contributed by atoms with Crippen molar-refractivity contribution in [3.05, 3.63) is 35.6 Å². The van der Waals surface area contributed by atoms with E-state index in [0.29, 0.717) is 5.41 Å². The third-order valence-corrected chi connectivity index (χ3v) is 4.08. The number of methoxy groups -OCH3 is 1. The number of benzene rings is 1. The second-order valence-electron chi connectivity index (χ2n) is 5.16. The van der Waals surface area contributed by atoms with E-state index in [-0.39, 0.29) is 11.4 Å². The van der Waals surface area contributed by atoms with Gasteiger partial charge in [0, 0.05) is 25.6 Å². The van der Waals surface area contributed by atoms with Crippen molar-refractivity contribution in [2.45, 2.75) is 18.4 Å². The van der Waals surface area contributed by atoms with Gasteiger partial charge in [-0.25, -0.2) is 4.39 Å². The van der Waals surface area contributed by atoms with E-state index >= 15 is 0 Å². The van der Waals surface area contributed by atoms with Crippen LogP contribution in [0.2, 0.25) is 0 Å². The number of nitrogens with one attached hydrogen (secondary N) is 1. The van der Waals surface area contributed by atoms with Gasteiger partial charge in [-0.15, -0.1) is 0 Å².